The summed E-state index contributed by atoms with van der Waals surface area (Å²) in [7, 11) is 0. The minimum atomic E-state index is 0.0675. The Bertz CT molecular complexity index is 412. The summed E-state index contributed by atoms with van der Waals surface area (Å²) in [6, 6.07) is 6.44. The predicted octanol–water partition coefficient (Wildman–Crippen LogP) is 3.08. The van der Waals surface area contributed by atoms with Crippen molar-refractivity contribution in [3.05, 3.63) is 28.2 Å². The van der Waals surface area contributed by atoms with Gasteiger partial charge in [0.15, 0.2) is 0 Å². The molecule has 0 aliphatic carbocycles. The summed E-state index contributed by atoms with van der Waals surface area (Å²) in [5.41, 5.74) is 8.28. The fraction of sp³-hybridized carbons (Fsp3) is 0.571. The average Bonchev–Trinajstić information content (AvgIpc) is 2.27. The van der Waals surface area contributed by atoms with E-state index >= 15 is 0 Å². The molecule has 2 N–H and O–H groups in total. The molecule has 1 saturated heterocycles. The van der Waals surface area contributed by atoms with Crippen molar-refractivity contribution < 1.29 is 4.74 Å². The van der Waals surface area contributed by atoms with Gasteiger partial charge < -0.3 is 15.4 Å². The first kappa shape index (κ1) is 13.8. The quantitative estimate of drug-likeness (QED) is 0.912. The van der Waals surface area contributed by atoms with Crippen LogP contribution in [-0.2, 0) is 4.74 Å². The lowest BCUT2D eigenvalue weighted by Crippen LogP contribution is -2.45. The van der Waals surface area contributed by atoms with Crippen LogP contribution in [0.1, 0.15) is 32.4 Å². The highest BCUT2D eigenvalue weighted by atomic mass is 79.9. The maximum absolute atomic E-state index is 5.90. The number of morpholine rings is 1. The molecule has 100 valence electrons. The van der Waals surface area contributed by atoms with Gasteiger partial charge in [-0.3, -0.25) is 0 Å². The number of rotatable bonds is 2. The van der Waals surface area contributed by atoms with Crippen LogP contribution in [0, 0.1) is 0 Å². The zero-order chi connectivity index (χ0) is 13.3. The van der Waals surface area contributed by atoms with E-state index in [1.165, 1.54) is 5.69 Å². The topological polar surface area (TPSA) is 38.5 Å². The third-order valence-corrected chi connectivity index (χ3v) is 3.89. The van der Waals surface area contributed by atoms with E-state index in [4.69, 9.17) is 10.5 Å². The number of ether oxygens (including phenoxy) is 1. The van der Waals surface area contributed by atoms with Crippen LogP contribution in [0.4, 0.5) is 5.69 Å². The third-order valence-electron chi connectivity index (χ3n) is 3.26. The zero-order valence-electron chi connectivity index (χ0n) is 11.2. The first-order valence-corrected chi connectivity index (χ1v) is 7.22. The maximum Gasteiger partial charge on any atom is 0.0726 e. The summed E-state index contributed by atoms with van der Waals surface area (Å²) in [5, 5.41) is 0. The second kappa shape index (κ2) is 5.59. The van der Waals surface area contributed by atoms with Crippen molar-refractivity contribution in [2.24, 2.45) is 5.73 Å². The summed E-state index contributed by atoms with van der Waals surface area (Å²) >= 11 is 3.65. The summed E-state index contributed by atoms with van der Waals surface area (Å²) in [6.07, 6.45) is 0.544. The molecule has 0 aromatic heterocycles. The number of halogens is 1. The van der Waals surface area contributed by atoms with Gasteiger partial charge in [-0.1, -0.05) is 6.07 Å². The highest BCUT2D eigenvalue weighted by molar-refractivity contribution is 9.10. The van der Waals surface area contributed by atoms with Crippen molar-refractivity contribution >= 4 is 21.6 Å². The largest absolute Gasteiger partial charge is 0.372 e. The van der Waals surface area contributed by atoms with Gasteiger partial charge >= 0.3 is 0 Å². The van der Waals surface area contributed by atoms with Crippen LogP contribution in [0.25, 0.3) is 0 Å². The van der Waals surface area contributed by atoms with E-state index in [1.807, 2.05) is 6.92 Å². The van der Waals surface area contributed by atoms with Gasteiger partial charge in [0.2, 0.25) is 0 Å². The first-order chi connectivity index (χ1) is 8.47. The number of nitrogens with two attached hydrogens (primary N) is 1. The number of nitrogens with zero attached hydrogens (tertiary/aromatic N) is 1. The highest BCUT2D eigenvalue weighted by Gasteiger charge is 2.23. The molecule has 1 fully saturated rings. The summed E-state index contributed by atoms with van der Waals surface area (Å²) in [6.45, 7) is 8.10. The Morgan fingerprint density at radius 2 is 1.94 bits per heavy atom. The molecule has 3 nitrogen and oxygen atoms in total. The highest BCUT2D eigenvalue weighted by Crippen LogP contribution is 2.30. The van der Waals surface area contributed by atoms with E-state index in [1.54, 1.807) is 0 Å². The van der Waals surface area contributed by atoms with E-state index in [-0.39, 0.29) is 18.2 Å². The van der Waals surface area contributed by atoms with Crippen molar-refractivity contribution in [1.82, 2.24) is 0 Å². The smallest absolute Gasteiger partial charge is 0.0726 e. The SMILES string of the molecule is CC1CN(c2ccc([C@H](C)N)cc2Br)CC(C)O1. The van der Waals surface area contributed by atoms with Crippen LogP contribution >= 0.6 is 15.9 Å². The van der Waals surface area contributed by atoms with Crippen molar-refractivity contribution in [2.45, 2.75) is 39.0 Å². The minimum absolute atomic E-state index is 0.0675. The number of hydrogen-bond donors (Lipinski definition) is 1. The minimum Gasteiger partial charge on any atom is -0.372 e. The van der Waals surface area contributed by atoms with E-state index in [2.05, 4.69) is 52.9 Å². The van der Waals surface area contributed by atoms with E-state index in [0.717, 1.165) is 23.1 Å². The lowest BCUT2D eigenvalue weighted by Gasteiger charge is -2.37. The standard InChI is InChI=1S/C14H21BrN2O/c1-9-7-17(8-10(2)18-9)14-5-4-12(11(3)16)6-13(14)15/h4-6,9-11H,7-8,16H2,1-3H3/t9?,10?,11-/m0/s1. The monoisotopic (exact) mass is 312 g/mol. The summed E-state index contributed by atoms with van der Waals surface area (Å²) in [4.78, 5) is 2.37. The Kier molecular flexibility index (Phi) is 4.30. The summed E-state index contributed by atoms with van der Waals surface area (Å²) in [5.74, 6) is 0. The van der Waals surface area contributed by atoms with E-state index in [0.29, 0.717) is 0 Å². The summed E-state index contributed by atoms with van der Waals surface area (Å²) < 4.78 is 6.87. The average molecular weight is 313 g/mol. The van der Waals surface area contributed by atoms with Crippen LogP contribution in [-0.4, -0.2) is 25.3 Å². The fourth-order valence-electron chi connectivity index (χ4n) is 2.44. The maximum atomic E-state index is 5.90. The van der Waals surface area contributed by atoms with Gasteiger partial charge in [-0.25, -0.2) is 0 Å². The van der Waals surface area contributed by atoms with Gasteiger partial charge in [0.25, 0.3) is 0 Å². The van der Waals surface area contributed by atoms with Crippen LogP contribution in [0.15, 0.2) is 22.7 Å². The zero-order valence-corrected chi connectivity index (χ0v) is 12.8. The molecule has 4 heteroatoms. The Morgan fingerprint density at radius 1 is 1.33 bits per heavy atom. The molecule has 0 bridgehead atoms. The molecule has 1 heterocycles. The fourth-order valence-corrected chi connectivity index (χ4v) is 3.08. The molecule has 0 amide bonds. The second-order valence-corrected chi connectivity index (χ2v) is 6.02. The van der Waals surface area contributed by atoms with Gasteiger partial charge in [0.1, 0.15) is 0 Å². The van der Waals surface area contributed by atoms with Crippen LogP contribution in [0.3, 0.4) is 0 Å². The van der Waals surface area contributed by atoms with E-state index in [9.17, 15) is 0 Å². The molecule has 3 atom stereocenters. The normalized spacial score (nSPS) is 26.2. The first-order valence-electron chi connectivity index (χ1n) is 6.43. The van der Waals surface area contributed by atoms with Crippen molar-refractivity contribution in [2.75, 3.05) is 18.0 Å². The number of benzene rings is 1. The Hall–Kier alpha value is -0.580. The van der Waals surface area contributed by atoms with Crippen molar-refractivity contribution in [3.63, 3.8) is 0 Å². The van der Waals surface area contributed by atoms with Gasteiger partial charge in [-0.2, -0.15) is 0 Å². The molecule has 0 spiro atoms. The molecule has 18 heavy (non-hydrogen) atoms. The number of hydrogen-bond acceptors (Lipinski definition) is 3. The molecule has 2 unspecified atom stereocenters. The lowest BCUT2D eigenvalue weighted by molar-refractivity contribution is -0.00525. The molecular weight excluding hydrogens is 292 g/mol. The van der Waals surface area contributed by atoms with E-state index < -0.39 is 0 Å². The predicted molar refractivity (Wildman–Crippen MR) is 79.0 cm³/mol. The van der Waals surface area contributed by atoms with Gasteiger partial charge in [0, 0.05) is 23.6 Å². The van der Waals surface area contributed by atoms with Crippen molar-refractivity contribution in [3.8, 4) is 0 Å². The molecule has 2 rings (SSSR count). The van der Waals surface area contributed by atoms with Crippen LogP contribution in [0.2, 0.25) is 0 Å². The number of anilines is 1. The Morgan fingerprint density at radius 3 is 2.44 bits per heavy atom. The Labute approximate surface area is 117 Å². The van der Waals surface area contributed by atoms with Crippen LogP contribution in [0.5, 0.6) is 0 Å². The molecule has 0 radical (unpaired) electrons. The van der Waals surface area contributed by atoms with Gasteiger partial charge in [-0.05, 0) is 54.4 Å². The second-order valence-electron chi connectivity index (χ2n) is 5.16. The molecule has 1 aromatic carbocycles. The molecule has 1 aliphatic rings. The molecule has 1 aromatic rings. The molecule has 0 saturated carbocycles. The van der Waals surface area contributed by atoms with Gasteiger partial charge in [0.05, 0.1) is 17.9 Å². The van der Waals surface area contributed by atoms with Crippen LogP contribution < -0.4 is 10.6 Å². The van der Waals surface area contributed by atoms with Crippen molar-refractivity contribution in [1.29, 1.82) is 0 Å². The third kappa shape index (κ3) is 3.05. The molecule has 1 aliphatic heterocycles. The molecular formula is C14H21BrN2O. The lowest BCUT2D eigenvalue weighted by atomic mass is 10.1. The Balaban J connectivity index is 2.22. The van der Waals surface area contributed by atoms with Gasteiger partial charge in [-0.15, -0.1) is 0 Å².